The van der Waals surface area contributed by atoms with E-state index >= 15 is 0 Å². The maximum absolute atomic E-state index is 6.03. The topological polar surface area (TPSA) is 61.7 Å². The van der Waals surface area contributed by atoms with E-state index < -0.39 is 0 Å². The molecule has 0 unspecified atom stereocenters. The second-order valence-corrected chi connectivity index (χ2v) is 4.75. The van der Waals surface area contributed by atoms with Gasteiger partial charge in [0, 0.05) is 13.2 Å². The lowest BCUT2D eigenvalue weighted by Crippen LogP contribution is -1.99. The Morgan fingerprint density at radius 1 is 1.22 bits per heavy atom. The summed E-state index contributed by atoms with van der Waals surface area (Å²) in [5, 5.41) is 5.04. The van der Waals surface area contributed by atoms with Crippen LogP contribution in [0.15, 0.2) is 24.5 Å². The van der Waals surface area contributed by atoms with Crippen molar-refractivity contribution in [2.24, 2.45) is 7.05 Å². The summed E-state index contributed by atoms with van der Waals surface area (Å²) in [4.78, 5) is 4.26. The maximum atomic E-state index is 6.03. The highest BCUT2D eigenvalue weighted by atomic mass is 35.5. The fourth-order valence-corrected chi connectivity index (χ4v) is 2.20. The minimum absolute atomic E-state index is 0.372. The number of aromatic nitrogens is 4. The van der Waals surface area contributed by atoms with Gasteiger partial charge in [-0.15, -0.1) is 0 Å². The fraction of sp³-hybridized carbons (Fsp3) is 0.0909. The van der Waals surface area contributed by atoms with E-state index in [2.05, 4.69) is 10.1 Å². The summed E-state index contributed by atoms with van der Waals surface area (Å²) < 4.78 is 3.47. The van der Waals surface area contributed by atoms with Gasteiger partial charge in [0.25, 0.3) is 0 Å². The van der Waals surface area contributed by atoms with Crippen molar-refractivity contribution in [3.05, 3.63) is 34.6 Å². The quantitative estimate of drug-likeness (QED) is 0.746. The Morgan fingerprint density at radius 3 is 2.61 bits per heavy atom. The van der Waals surface area contributed by atoms with Crippen LogP contribution in [0.1, 0.15) is 0 Å². The second-order valence-electron chi connectivity index (χ2n) is 3.93. The van der Waals surface area contributed by atoms with E-state index in [1.165, 1.54) is 0 Å². The van der Waals surface area contributed by atoms with Crippen LogP contribution >= 0.6 is 23.2 Å². The van der Waals surface area contributed by atoms with Gasteiger partial charge in [0.2, 0.25) is 5.95 Å². The van der Waals surface area contributed by atoms with Crippen LogP contribution in [0, 0.1) is 0 Å². The van der Waals surface area contributed by atoms with Crippen molar-refractivity contribution in [3.8, 4) is 5.69 Å². The van der Waals surface area contributed by atoms with Crippen molar-refractivity contribution in [1.29, 1.82) is 0 Å². The number of aryl methyl sites for hydroxylation is 1. The summed E-state index contributed by atoms with van der Waals surface area (Å²) >= 11 is 12.0. The Bertz CT molecular complexity index is 743. The van der Waals surface area contributed by atoms with E-state index in [1.54, 1.807) is 27.6 Å². The molecule has 92 valence electrons. The zero-order valence-electron chi connectivity index (χ0n) is 9.43. The Hall–Kier alpha value is -1.72. The lowest BCUT2D eigenvalue weighted by atomic mass is 10.3. The Balaban J connectivity index is 2.35. The van der Waals surface area contributed by atoms with Gasteiger partial charge >= 0.3 is 0 Å². The highest BCUT2D eigenvalue weighted by molar-refractivity contribution is 6.42. The van der Waals surface area contributed by atoms with Gasteiger partial charge in [-0.3, -0.25) is 9.25 Å². The molecule has 3 aromatic rings. The van der Waals surface area contributed by atoms with Crippen molar-refractivity contribution in [2.45, 2.75) is 0 Å². The zero-order chi connectivity index (χ0) is 12.9. The summed E-state index contributed by atoms with van der Waals surface area (Å²) in [5.74, 6) is 0.372. The number of nitrogens with two attached hydrogens (primary N) is 1. The number of fused-ring (bicyclic) bond motifs is 1. The van der Waals surface area contributed by atoms with Crippen molar-refractivity contribution in [1.82, 2.24) is 19.3 Å². The minimum Gasteiger partial charge on any atom is -0.369 e. The molecule has 1 aromatic carbocycles. The molecule has 2 aromatic heterocycles. The van der Waals surface area contributed by atoms with Crippen LogP contribution in [0.2, 0.25) is 10.0 Å². The number of hydrogen-bond acceptors (Lipinski definition) is 3. The number of anilines is 1. The molecule has 2 N–H and O–H groups in total. The molecule has 0 radical (unpaired) electrons. The van der Waals surface area contributed by atoms with Gasteiger partial charge in [0.15, 0.2) is 0 Å². The Morgan fingerprint density at radius 2 is 1.94 bits per heavy atom. The number of imidazole rings is 1. The molecule has 0 amide bonds. The summed E-state index contributed by atoms with van der Waals surface area (Å²) in [5.41, 5.74) is 8.25. The van der Waals surface area contributed by atoms with E-state index in [4.69, 9.17) is 28.9 Å². The zero-order valence-corrected chi connectivity index (χ0v) is 10.9. The molecule has 0 atom stereocenters. The highest BCUT2D eigenvalue weighted by Crippen LogP contribution is 2.30. The van der Waals surface area contributed by atoms with E-state index in [-0.39, 0.29) is 0 Å². The minimum atomic E-state index is 0.372. The van der Waals surface area contributed by atoms with Crippen molar-refractivity contribution < 1.29 is 0 Å². The molecule has 0 bridgehead atoms. The molecule has 0 fully saturated rings. The SMILES string of the molecule is Cn1cc(-n2c(N)nc3cc(Cl)c(Cl)cc32)cn1. The molecular formula is C11H9Cl2N5. The number of nitrogen functional groups attached to an aromatic ring is 1. The van der Waals surface area contributed by atoms with Gasteiger partial charge in [-0.2, -0.15) is 5.10 Å². The molecule has 0 spiro atoms. The van der Waals surface area contributed by atoms with Gasteiger partial charge in [-0.25, -0.2) is 4.98 Å². The van der Waals surface area contributed by atoms with Gasteiger partial charge in [0.1, 0.15) is 0 Å². The largest absolute Gasteiger partial charge is 0.369 e. The lowest BCUT2D eigenvalue weighted by molar-refractivity contribution is 0.767. The molecule has 0 saturated heterocycles. The molecular weight excluding hydrogens is 273 g/mol. The van der Waals surface area contributed by atoms with Crippen LogP contribution < -0.4 is 5.73 Å². The van der Waals surface area contributed by atoms with E-state index in [9.17, 15) is 0 Å². The molecule has 0 aliphatic heterocycles. The van der Waals surface area contributed by atoms with Gasteiger partial charge in [0.05, 0.1) is 33.0 Å². The third-order valence-electron chi connectivity index (χ3n) is 2.67. The van der Waals surface area contributed by atoms with Gasteiger partial charge in [-0.05, 0) is 12.1 Å². The molecule has 2 heterocycles. The number of hydrogen-bond donors (Lipinski definition) is 1. The average molecular weight is 282 g/mol. The number of nitrogens with zero attached hydrogens (tertiary/aromatic N) is 4. The Kier molecular flexibility index (Phi) is 2.46. The summed E-state index contributed by atoms with van der Waals surface area (Å²) in [6, 6.07) is 3.44. The number of rotatable bonds is 1. The second kappa shape index (κ2) is 3.90. The molecule has 18 heavy (non-hydrogen) atoms. The van der Waals surface area contributed by atoms with Crippen LogP contribution in [0.25, 0.3) is 16.7 Å². The molecule has 0 aliphatic rings. The predicted molar refractivity (Wildman–Crippen MR) is 72.3 cm³/mol. The van der Waals surface area contributed by atoms with Crippen LogP contribution in [0.3, 0.4) is 0 Å². The molecule has 0 saturated carbocycles. The predicted octanol–water partition coefficient (Wildman–Crippen LogP) is 2.65. The van der Waals surface area contributed by atoms with Crippen molar-refractivity contribution in [3.63, 3.8) is 0 Å². The lowest BCUT2D eigenvalue weighted by Gasteiger charge is -2.03. The Labute approximate surface area is 113 Å². The molecule has 5 nitrogen and oxygen atoms in total. The average Bonchev–Trinajstić information content (AvgIpc) is 2.83. The summed E-state index contributed by atoms with van der Waals surface area (Å²) in [6.07, 6.45) is 3.56. The first-order chi connectivity index (χ1) is 8.56. The first kappa shape index (κ1) is 11.4. The monoisotopic (exact) mass is 281 g/mol. The van der Waals surface area contributed by atoms with Crippen molar-refractivity contribution >= 4 is 40.2 Å². The summed E-state index contributed by atoms with van der Waals surface area (Å²) in [7, 11) is 1.84. The maximum Gasteiger partial charge on any atom is 0.206 e. The smallest absolute Gasteiger partial charge is 0.206 e. The first-order valence-electron chi connectivity index (χ1n) is 5.18. The van der Waals surface area contributed by atoms with Gasteiger partial charge < -0.3 is 5.73 Å². The number of halogens is 2. The van der Waals surface area contributed by atoms with E-state index in [0.717, 1.165) is 11.2 Å². The van der Waals surface area contributed by atoms with Crippen LogP contribution in [-0.2, 0) is 7.05 Å². The number of benzene rings is 1. The van der Waals surface area contributed by atoms with Crippen LogP contribution in [0.4, 0.5) is 5.95 Å². The summed E-state index contributed by atoms with van der Waals surface area (Å²) in [6.45, 7) is 0. The van der Waals surface area contributed by atoms with Crippen LogP contribution in [-0.4, -0.2) is 19.3 Å². The highest BCUT2D eigenvalue weighted by Gasteiger charge is 2.13. The third kappa shape index (κ3) is 1.63. The van der Waals surface area contributed by atoms with Crippen LogP contribution in [0.5, 0.6) is 0 Å². The van der Waals surface area contributed by atoms with E-state index in [1.807, 2.05) is 13.2 Å². The first-order valence-corrected chi connectivity index (χ1v) is 5.94. The van der Waals surface area contributed by atoms with Crippen molar-refractivity contribution in [2.75, 3.05) is 5.73 Å². The fourth-order valence-electron chi connectivity index (χ4n) is 1.89. The van der Waals surface area contributed by atoms with Gasteiger partial charge in [-0.1, -0.05) is 23.2 Å². The third-order valence-corrected chi connectivity index (χ3v) is 3.39. The van der Waals surface area contributed by atoms with E-state index in [0.29, 0.717) is 21.5 Å². The molecule has 3 rings (SSSR count). The standard InChI is InChI=1S/C11H9Cl2N5/c1-17-5-6(4-15-17)18-10-3-8(13)7(12)2-9(10)16-11(18)14/h2-5H,1H3,(H2,14,16). The normalized spacial score (nSPS) is 11.3. The molecule has 0 aliphatic carbocycles. The molecule has 7 heteroatoms.